The fourth-order valence-electron chi connectivity index (χ4n) is 1.74. The average Bonchev–Trinajstić information content (AvgIpc) is 3.08. The number of rotatable bonds is 3. The van der Waals surface area contributed by atoms with Gasteiger partial charge in [0.05, 0.1) is 0 Å². The predicted molar refractivity (Wildman–Crippen MR) is 70.8 cm³/mol. The molecule has 1 heterocycles. The number of H-pyrrole nitrogens is 1. The van der Waals surface area contributed by atoms with Gasteiger partial charge in [-0.3, -0.25) is 9.59 Å². The van der Waals surface area contributed by atoms with Crippen molar-refractivity contribution < 1.29 is 4.79 Å². The number of aromatic amines is 1. The highest BCUT2D eigenvalue weighted by atomic mass is 16.2. The molecule has 0 atom stereocenters. The van der Waals surface area contributed by atoms with Crippen LogP contribution in [0.3, 0.4) is 0 Å². The third-order valence-corrected chi connectivity index (χ3v) is 2.97. The smallest absolute Gasteiger partial charge is 0.261 e. The lowest BCUT2D eigenvalue weighted by atomic mass is 9.97. The molecular weight excluding hydrogens is 228 g/mol. The monoisotopic (exact) mass is 248 g/mol. The van der Waals surface area contributed by atoms with Gasteiger partial charge in [0.15, 0.2) is 0 Å². The van der Waals surface area contributed by atoms with Crippen molar-refractivity contribution in [2.75, 3.05) is 6.54 Å². The van der Waals surface area contributed by atoms with Crippen LogP contribution in [0.25, 0.3) is 0 Å². The Bertz CT molecular complexity index is 507. The molecule has 98 valence electrons. The minimum atomic E-state index is -0.298. The van der Waals surface area contributed by atoms with Crippen LogP contribution in [0, 0.1) is 5.41 Å². The van der Waals surface area contributed by atoms with E-state index in [1.165, 1.54) is 0 Å². The molecule has 0 unspecified atom stereocenters. The van der Waals surface area contributed by atoms with Gasteiger partial charge in [0.25, 0.3) is 11.5 Å². The van der Waals surface area contributed by atoms with E-state index in [0.717, 1.165) is 18.5 Å². The maximum absolute atomic E-state index is 11.9. The first-order valence-electron chi connectivity index (χ1n) is 6.38. The summed E-state index contributed by atoms with van der Waals surface area (Å²) in [5.41, 5.74) is 0.873. The molecule has 1 saturated carbocycles. The van der Waals surface area contributed by atoms with E-state index in [0.29, 0.717) is 12.5 Å². The van der Waals surface area contributed by atoms with Crippen LogP contribution in [0.5, 0.6) is 0 Å². The summed E-state index contributed by atoms with van der Waals surface area (Å²) in [4.78, 5) is 26.5. The minimum absolute atomic E-state index is 0.0103. The molecule has 0 aliphatic heterocycles. The van der Waals surface area contributed by atoms with Crippen LogP contribution in [0.2, 0.25) is 0 Å². The summed E-state index contributed by atoms with van der Waals surface area (Å²) in [6, 6.07) is 3.48. The highest BCUT2D eigenvalue weighted by molar-refractivity contribution is 5.93. The van der Waals surface area contributed by atoms with E-state index in [2.05, 4.69) is 10.3 Å². The van der Waals surface area contributed by atoms with Crippen molar-refractivity contribution in [3.63, 3.8) is 0 Å². The standard InChI is InChI=1S/C14H20N2O2/c1-14(2,3)8-15-12(17)10-6-7-11(9-4-5-9)16-13(10)18/h6-7,9H,4-5,8H2,1-3H3,(H,15,17)(H,16,18). The first-order chi connectivity index (χ1) is 8.37. The molecule has 0 aromatic carbocycles. The number of carbonyl (C=O) groups excluding carboxylic acids is 1. The molecule has 1 aliphatic rings. The van der Waals surface area contributed by atoms with Crippen LogP contribution in [0.1, 0.15) is 55.6 Å². The Kier molecular flexibility index (Phi) is 3.28. The number of amides is 1. The third-order valence-electron chi connectivity index (χ3n) is 2.97. The number of hydrogen-bond acceptors (Lipinski definition) is 2. The van der Waals surface area contributed by atoms with Gasteiger partial charge in [0.1, 0.15) is 5.56 Å². The van der Waals surface area contributed by atoms with E-state index >= 15 is 0 Å². The first kappa shape index (κ1) is 12.9. The number of hydrogen-bond donors (Lipinski definition) is 2. The van der Waals surface area contributed by atoms with Gasteiger partial charge in [0, 0.05) is 12.2 Å². The topological polar surface area (TPSA) is 62.0 Å². The van der Waals surface area contributed by atoms with Gasteiger partial charge < -0.3 is 10.3 Å². The van der Waals surface area contributed by atoms with Gasteiger partial charge in [-0.25, -0.2) is 0 Å². The molecule has 1 aliphatic carbocycles. The summed E-state index contributed by atoms with van der Waals surface area (Å²) >= 11 is 0. The van der Waals surface area contributed by atoms with Gasteiger partial charge in [-0.05, 0) is 36.3 Å². The van der Waals surface area contributed by atoms with Crippen molar-refractivity contribution in [3.05, 3.63) is 33.7 Å². The highest BCUT2D eigenvalue weighted by Crippen LogP contribution is 2.38. The molecule has 0 saturated heterocycles. The lowest BCUT2D eigenvalue weighted by Crippen LogP contribution is -2.35. The van der Waals surface area contributed by atoms with Crippen molar-refractivity contribution in [2.24, 2.45) is 5.41 Å². The molecule has 0 bridgehead atoms. The summed E-state index contributed by atoms with van der Waals surface area (Å²) in [5, 5.41) is 2.79. The van der Waals surface area contributed by atoms with E-state index in [-0.39, 0.29) is 22.4 Å². The van der Waals surface area contributed by atoms with Gasteiger partial charge in [-0.15, -0.1) is 0 Å². The van der Waals surface area contributed by atoms with E-state index in [9.17, 15) is 9.59 Å². The Hall–Kier alpha value is -1.58. The molecule has 1 fully saturated rings. The Balaban J connectivity index is 2.08. The normalized spacial score (nSPS) is 15.5. The molecule has 18 heavy (non-hydrogen) atoms. The quantitative estimate of drug-likeness (QED) is 0.859. The van der Waals surface area contributed by atoms with Crippen LogP contribution >= 0.6 is 0 Å². The molecule has 0 spiro atoms. The Morgan fingerprint density at radius 1 is 1.39 bits per heavy atom. The molecule has 4 nitrogen and oxygen atoms in total. The van der Waals surface area contributed by atoms with Gasteiger partial charge in [-0.1, -0.05) is 20.8 Å². The molecule has 1 amide bonds. The number of pyridine rings is 1. The van der Waals surface area contributed by atoms with Crippen molar-refractivity contribution in [1.29, 1.82) is 0 Å². The predicted octanol–water partition coefficient (Wildman–Crippen LogP) is 2.03. The van der Waals surface area contributed by atoms with E-state index in [4.69, 9.17) is 0 Å². The molecule has 1 aromatic heterocycles. The summed E-state index contributed by atoms with van der Waals surface area (Å²) in [6.45, 7) is 6.66. The van der Waals surface area contributed by atoms with Gasteiger partial charge in [-0.2, -0.15) is 0 Å². The Morgan fingerprint density at radius 2 is 2.06 bits per heavy atom. The molecule has 2 rings (SSSR count). The van der Waals surface area contributed by atoms with Crippen LogP contribution in [0.4, 0.5) is 0 Å². The number of carbonyl (C=O) groups is 1. The van der Waals surface area contributed by atoms with E-state index in [1.54, 1.807) is 6.07 Å². The fraction of sp³-hybridized carbons (Fsp3) is 0.571. The summed E-state index contributed by atoms with van der Waals surface area (Å²) < 4.78 is 0. The summed E-state index contributed by atoms with van der Waals surface area (Å²) in [6.07, 6.45) is 2.26. The maximum atomic E-state index is 11.9. The molecule has 1 aromatic rings. The summed E-state index contributed by atoms with van der Waals surface area (Å²) in [5.74, 6) is 0.193. The second kappa shape index (κ2) is 4.59. The zero-order valence-corrected chi connectivity index (χ0v) is 11.2. The van der Waals surface area contributed by atoms with Crippen molar-refractivity contribution in [2.45, 2.75) is 39.5 Å². The van der Waals surface area contributed by atoms with Gasteiger partial charge in [0.2, 0.25) is 0 Å². The second-order valence-electron chi connectivity index (χ2n) is 6.17. The zero-order valence-electron chi connectivity index (χ0n) is 11.2. The zero-order chi connectivity index (χ0) is 13.3. The molecular formula is C14H20N2O2. The fourth-order valence-corrected chi connectivity index (χ4v) is 1.74. The van der Waals surface area contributed by atoms with Crippen LogP contribution in [-0.2, 0) is 0 Å². The maximum Gasteiger partial charge on any atom is 0.261 e. The lowest BCUT2D eigenvalue weighted by molar-refractivity contribution is 0.0937. The lowest BCUT2D eigenvalue weighted by Gasteiger charge is -2.18. The van der Waals surface area contributed by atoms with Crippen molar-refractivity contribution in [3.8, 4) is 0 Å². The first-order valence-corrected chi connectivity index (χ1v) is 6.38. The third kappa shape index (κ3) is 3.22. The molecule has 4 heteroatoms. The van der Waals surface area contributed by atoms with Crippen molar-refractivity contribution in [1.82, 2.24) is 10.3 Å². The van der Waals surface area contributed by atoms with Crippen LogP contribution < -0.4 is 10.9 Å². The average molecular weight is 248 g/mol. The minimum Gasteiger partial charge on any atom is -0.351 e. The Labute approximate surface area is 107 Å². The SMILES string of the molecule is CC(C)(C)CNC(=O)c1ccc(C2CC2)[nH]c1=O. The Morgan fingerprint density at radius 3 is 2.56 bits per heavy atom. The molecule has 2 N–H and O–H groups in total. The largest absolute Gasteiger partial charge is 0.351 e. The summed E-state index contributed by atoms with van der Waals surface area (Å²) in [7, 11) is 0. The second-order valence-corrected chi connectivity index (χ2v) is 6.17. The van der Waals surface area contributed by atoms with Crippen LogP contribution in [0.15, 0.2) is 16.9 Å². The highest BCUT2D eigenvalue weighted by Gasteiger charge is 2.25. The van der Waals surface area contributed by atoms with Crippen LogP contribution in [-0.4, -0.2) is 17.4 Å². The van der Waals surface area contributed by atoms with Gasteiger partial charge >= 0.3 is 0 Å². The van der Waals surface area contributed by atoms with E-state index in [1.807, 2.05) is 26.8 Å². The van der Waals surface area contributed by atoms with E-state index < -0.39 is 0 Å². The van der Waals surface area contributed by atoms with Crippen molar-refractivity contribution >= 4 is 5.91 Å². The number of nitrogens with one attached hydrogen (secondary N) is 2. The molecule has 0 radical (unpaired) electrons. The number of aromatic nitrogens is 1.